The van der Waals surface area contributed by atoms with E-state index in [1.807, 2.05) is 18.3 Å². The fraction of sp³-hybridized carbons (Fsp3) is 0.364. The predicted molar refractivity (Wildman–Crippen MR) is 60.2 cm³/mol. The Morgan fingerprint density at radius 2 is 2.27 bits per heavy atom. The van der Waals surface area contributed by atoms with Crippen LogP contribution >= 0.6 is 11.6 Å². The van der Waals surface area contributed by atoms with Crippen molar-refractivity contribution in [2.75, 3.05) is 13.6 Å². The van der Waals surface area contributed by atoms with Gasteiger partial charge in [0.2, 0.25) is 0 Å². The largest absolute Gasteiger partial charge is 0.301 e. The van der Waals surface area contributed by atoms with Gasteiger partial charge in [-0.15, -0.1) is 0 Å². The van der Waals surface area contributed by atoms with Gasteiger partial charge in [0.1, 0.15) is 5.65 Å². The molecule has 3 nitrogen and oxygen atoms in total. The first-order valence-electron chi connectivity index (χ1n) is 5.08. The molecule has 0 bridgehead atoms. The first-order chi connectivity index (χ1) is 7.24. The molecule has 1 aliphatic heterocycles. The lowest BCUT2D eigenvalue weighted by molar-refractivity contribution is 0.306. The third-order valence-electron chi connectivity index (χ3n) is 2.91. The summed E-state index contributed by atoms with van der Waals surface area (Å²) in [6, 6.07) is 3.86. The Hall–Kier alpha value is -1.06. The second kappa shape index (κ2) is 3.22. The SMILES string of the molecule is CN1CCc2nc3ccc(Cl)cn3c2C1. The molecule has 2 aromatic rings. The predicted octanol–water partition coefficient (Wildman–Crippen LogP) is 1.98. The molecule has 15 heavy (non-hydrogen) atoms. The molecule has 3 rings (SSSR count). The summed E-state index contributed by atoms with van der Waals surface area (Å²) in [5.74, 6) is 0. The van der Waals surface area contributed by atoms with Crippen molar-refractivity contribution in [2.45, 2.75) is 13.0 Å². The maximum Gasteiger partial charge on any atom is 0.137 e. The van der Waals surface area contributed by atoms with E-state index >= 15 is 0 Å². The summed E-state index contributed by atoms with van der Waals surface area (Å²) in [4.78, 5) is 6.91. The van der Waals surface area contributed by atoms with E-state index in [0.29, 0.717) is 0 Å². The van der Waals surface area contributed by atoms with Crippen LogP contribution in [-0.2, 0) is 13.0 Å². The first kappa shape index (κ1) is 9.19. The molecule has 0 N–H and O–H groups in total. The Kier molecular flexibility index (Phi) is 1.97. The van der Waals surface area contributed by atoms with Gasteiger partial charge < -0.3 is 9.30 Å². The van der Waals surface area contributed by atoms with Crippen LogP contribution in [0.15, 0.2) is 18.3 Å². The number of hydrogen-bond donors (Lipinski definition) is 0. The normalized spacial score (nSPS) is 16.9. The van der Waals surface area contributed by atoms with Gasteiger partial charge in [-0.2, -0.15) is 0 Å². The zero-order valence-corrected chi connectivity index (χ0v) is 9.33. The van der Waals surface area contributed by atoms with Gasteiger partial charge in [0.05, 0.1) is 16.4 Å². The van der Waals surface area contributed by atoms with E-state index in [4.69, 9.17) is 11.6 Å². The third kappa shape index (κ3) is 1.43. The molecule has 0 saturated carbocycles. The minimum Gasteiger partial charge on any atom is -0.301 e. The van der Waals surface area contributed by atoms with Gasteiger partial charge in [-0.1, -0.05) is 11.6 Å². The van der Waals surface area contributed by atoms with Crippen LogP contribution in [0.4, 0.5) is 0 Å². The van der Waals surface area contributed by atoms with Crippen molar-refractivity contribution < 1.29 is 0 Å². The van der Waals surface area contributed by atoms with Crippen molar-refractivity contribution in [2.24, 2.45) is 0 Å². The van der Waals surface area contributed by atoms with Crippen LogP contribution in [0, 0.1) is 0 Å². The molecule has 78 valence electrons. The number of nitrogens with zero attached hydrogens (tertiary/aromatic N) is 3. The molecule has 0 fully saturated rings. The van der Waals surface area contributed by atoms with Crippen molar-refractivity contribution >= 4 is 17.2 Å². The molecule has 0 radical (unpaired) electrons. The molecule has 3 heterocycles. The van der Waals surface area contributed by atoms with Gasteiger partial charge in [0, 0.05) is 25.7 Å². The Bertz CT molecular complexity index is 518. The Balaban J connectivity index is 2.25. The van der Waals surface area contributed by atoms with Crippen LogP contribution in [-0.4, -0.2) is 27.9 Å². The van der Waals surface area contributed by atoms with E-state index in [1.54, 1.807) is 0 Å². The number of aromatic nitrogens is 2. The van der Waals surface area contributed by atoms with E-state index in [-0.39, 0.29) is 0 Å². The minimum atomic E-state index is 0.760. The summed E-state index contributed by atoms with van der Waals surface area (Å²) in [5, 5.41) is 0.760. The topological polar surface area (TPSA) is 20.5 Å². The molecular formula is C11H12ClN3. The highest BCUT2D eigenvalue weighted by Gasteiger charge is 2.18. The number of hydrogen-bond acceptors (Lipinski definition) is 2. The average molecular weight is 222 g/mol. The van der Waals surface area contributed by atoms with Crippen LogP contribution in [0.1, 0.15) is 11.4 Å². The molecule has 0 saturated heterocycles. The van der Waals surface area contributed by atoms with Crippen molar-refractivity contribution in [3.63, 3.8) is 0 Å². The first-order valence-corrected chi connectivity index (χ1v) is 5.46. The maximum absolute atomic E-state index is 5.99. The van der Waals surface area contributed by atoms with E-state index in [9.17, 15) is 0 Å². The second-order valence-electron chi connectivity index (χ2n) is 4.07. The van der Waals surface area contributed by atoms with E-state index in [1.165, 1.54) is 11.4 Å². The quantitative estimate of drug-likeness (QED) is 0.678. The van der Waals surface area contributed by atoms with Crippen LogP contribution in [0.25, 0.3) is 5.65 Å². The minimum absolute atomic E-state index is 0.760. The molecular weight excluding hydrogens is 210 g/mol. The molecule has 2 aromatic heterocycles. The van der Waals surface area contributed by atoms with E-state index in [0.717, 1.165) is 30.2 Å². The maximum atomic E-state index is 5.99. The molecule has 0 unspecified atom stereocenters. The lowest BCUT2D eigenvalue weighted by Gasteiger charge is -2.21. The van der Waals surface area contributed by atoms with Crippen molar-refractivity contribution in [3.8, 4) is 0 Å². The van der Waals surface area contributed by atoms with Gasteiger partial charge in [-0.25, -0.2) is 4.98 Å². The summed E-state index contributed by atoms with van der Waals surface area (Å²) < 4.78 is 2.10. The number of pyridine rings is 1. The fourth-order valence-electron chi connectivity index (χ4n) is 2.12. The van der Waals surface area contributed by atoms with Crippen LogP contribution < -0.4 is 0 Å². The van der Waals surface area contributed by atoms with E-state index in [2.05, 4.69) is 21.3 Å². The van der Waals surface area contributed by atoms with Crippen LogP contribution in [0.5, 0.6) is 0 Å². The second-order valence-corrected chi connectivity index (χ2v) is 4.50. The number of imidazole rings is 1. The molecule has 4 heteroatoms. The Morgan fingerprint density at radius 3 is 3.13 bits per heavy atom. The highest BCUT2D eigenvalue weighted by atomic mass is 35.5. The number of fused-ring (bicyclic) bond motifs is 3. The summed E-state index contributed by atoms with van der Waals surface area (Å²) in [6.45, 7) is 2.04. The summed E-state index contributed by atoms with van der Waals surface area (Å²) in [5.41, 5.74) is 3.50. The summed E-state index contributed by atoms with van der Waals surface area (Å²) in [7, 11) is 2.13. The highest BCUT2D eigenvalue weighted by Crippen LogP contribution is 2.21. The smallest absolute Gasteiger partial charge is 0.137 e. The number of rotatable bonds is 0. The van der Waals surface area contributed by atoms with Crippen molar-refractivity contribution in [3.05, 3.63) is 34.7 Å². The van der Waals surface area contributed by atoms with E-state index < -0.39 is 0 Å². The van der Waals surface area contributed by atoms with Gasteiger partial charge in [0.15, 0.2) is 0 Å². The summed E-state index contributed by atoms with van der Waals surface area (Å²) >= 11 is 5.99. The lowest BCUT2D eigenvalue weighted by atomic mass is 10.1. The molecule has 0 aliphatic carbocycles. The van der Waals surface area contributed by atoms with Crippen molar-refractivity contribution in [1.29, 1.82) is 0 Å². The van der Waals surface area contributed by atoms with Crippen molar-refractivity contribution in [1.82, 2.24) is 14.3 Å². The number of likely N-dealkylation sites (N-methyl/N-ethyl adjacent to an activating group) is 1. The third-order valence-corrected chi connectivity index (χ3v) is 3.14. The highest BCUT2D eigenvalue weighted by molar-refractivity contribution is 6.30. The van der Waals surface area contributed by atoms with Gasteiger partial charge in [-0.3, -0.25) is 0 Å². The Labute approximate surface area is 93.3 Å². The van der Waals surface area contributed by atoms with Crippen LogP contribution in [0.2, 0.25) is 5.02 Å². The zero-order valence-electron chi connectivity index (χ0n) is 8.57. The van der Waals surface area contributed by atoms with Gasteiger partial charge >= 0.3 is 0 Å². The zero-order chi connectivity index (χ0) is 10.4. The van der Waals surface area contributed by atoms with Gasteiger partial charge in [0.25, 0.3) is 0 Å². The molecule has 0 spiro atoms. The molecule has 1 aliphatic rings. The number of halogens is 1. The summed E-state index contributed by atoms with van der Waals surface area (Å²) in [6.07, 6.45) is 2.98. The molecule has 0 aromatic carbocycles. The van der Waals surface area contributed by atoms with Crippen LogP contribution in [0.3, 0.4) is 0 Å². The lowest BCUT2D eigenvalue weighted by Crippen LogP contribution is -2.27. The molecule has 0 atom stereocenters. The molecule has 0 amide bonds. The fourth-order valence-corrected chi connectivity index (χ4v) is 2.28. The monoisotopic (exact) mass is 221 g/mol. The average Bonchev–Trinajstić information content (AvgIpc) is 2.56. The standard InChI is InChI=1S/C11H12ClN3/c1-14-5-4-9-10(7-14)15-6-8(12)2-3-11(15)13-9/h2-3,6H,4-5,7H2,1H3. The Morgan fingerprint density at radius 1 is 1.40 bits per heavy atom. The van der Waals surface area contributed by atoms with Gasteiger partial charge in [-0.05, 0) is 19.2 Å².